The van der Waals surface area contributed by atoms with Crippen molar-refractivity contribution in [2.45, 2.75) is 51.6 Å². The maximum atomic E-state index is 6.25. The number of hydrogen-bond donors (Lipinski definition) is 0. The molecule has 0 aliphatic heterocycles. The monoisotopic (exact) mass is 178 g/mol. The minimum atomic E-state index is -0.842. The van der Waals surface area contributed by atoms with Gasteiger partial charge in [0, 0.05) is 0 Å². The van der Waals surface area contributed by atoms with E-state index in [9.17, 15) is 0 Å². The summed E-state index contributed by atoms with van der Waals surface area (Å²) in [5, 5.41) is 0. The van der Waals surface area contributed by atoms with E-state index in [1.165, 1.54) is 25.3 Å². The van der Waals surface area contributed by atoms with Crippen LogP contribution in [0.15, 0.2) is 0 Å². The Labute approximate surface area is 71.3 Å². The van der Waals surface area contributed by atoms with Crippen molar-refractivity contribution in [3.63, 3.8) is 0 Å². The first-order valence-corrected chi connectivity index (χ1v) is 7.59. The minimum absolute atomic E-state index is 0.827. The molecule has 0 aromatic heterocycles. The molecule has 0 spiro atoms. The summed E-state index contributed by atoms with van der Waals surface area (Å²) in [7, 11) is -0.842. The van der Waals surface area contributed by atoms with Gasteiger partial charge in [-0.1, -0.05) is 40.0 Å². The molecule has 10 heavy (non-hydrogen) atoms. The van der Waals surface area contributed by atoms with Crippen molar-refractivity contribution in [1.29, 1.82) is 0 Å². The first-order chi connectivity index (χ1) is 4.72. The molecule has 2 unspecified atom stereocenters. The van der Waals surface area contributed by atoms with E-state index in [0.29, 0.717) is 0 Å². The molecule has 0 nitrogen and oxygen atoms in total. The first kappa shape index (κ1) is 10.5. The SMILES string of the molecule is CCCC[SiH](Cl)C(C)CC. The van der Waals surface area contributed by atoms with Crippen LogP contribution in [0.1, 0.15) is 40.0 Å². The van der Waals surface area contributed by atoms with Crippen LogP contribution in [-0.2, 0) is 0 Å². The van der Waals surface area contributed by atoms with Gasteiger partial charge in [-0.05, 0) is 11.6 Å². The van der Waals surface area contributed by atoms with Crippen molar-refractivity contribution in [2.24, 2.45) is 0 Å². The molecule has 0 aliphatic carbocycles. The lowest BCUT2D eigenvalue weighted by Gasteiger charge is -2.12. The average molecular weight is 179 g/mol. The maximum absolute atomic E-state index is 6.25. The van der Waals surface area contributed by atoms with Gasteiger partial charge in [0.15, 0.2) is 0 Å². The molecule has 0 radical (unpaired) electrons. The molecule has 2 heteroatoms. The van der Waals surface area contributed by atoms with E-state index in [1.807, 2.05) is 0 Å². The summed E-state index contributed by atoms with van der Waals surface area (Å²) < 4.78 is 0. The van der Waals surface area contributed by atoms with Gasteiger partial charge in [0.25, 0.3) is 0 Å². The highest BCUT2D eigenvalue weighted by Crippen LogP contribution is 2.21. The molecule has 2 atom stereocenters. The Kier molecular flexibility index (Phi) is 6.55. The van der Waals surface area contributed by atoms with E-state index in [2.05, 4.69) is 20.8 Å². The molecule has 0 aliphatic rings. The second kappa shape index (κ2) is 6.23. The summed E-state index contributed by atoms with van der Waals surface area (Å²) in [4.78, 5) is 0. The quantitative estimate of drug-likeness (QED) is 0.446. The van der Waals surface area contributed by atoms with E-state index in [0.717, 1.165) is 5.54 Å². The lowest BCUT2D eigenvalue weighted by molar-refractivity contribution is 0.826. The Bertz CT molecular complexity index is 75.7. The largest absolute Gasteiger partial charge is 0.171 e. The fraction of sp³-hybridized carbons (Fsp3) is 1.00. The van der Waals surface area contributed by atoms with Gasteiger partial charge >= 0.3 is 0 Å². The topological polar surface area (TPSA) is 0 Å². The van der Waals surface area contributed by atoms with Gasteiger partial charge in [-0.3, -0.25) is 0 Å². The predicted octanol–water partition coefficient (Wildman–Crippen LogP) is 3.55. The highest BCUT2D eigenvalue weighted by molar-refractivity contribution is 7.07. The van der Waals surface area contributed by atoms with Gasteiger partial charge < -0.3 is 0 Å². The molecular formula is C8H19ClSi. The molecule has 0 saturated heterocycles. The van der Waals surface area contributed by atoms with E-state index in [1.54, 1.807) is 0 Å². The Morgan fingerprint density at radius 3 is 2.40 bits per heavy atom. The zero-order valence-corrected chi connectivity index (χ0v) is 9.27. The summed E-state index contributed by atoms with van der Waals surface area (Å²) >= 11 is 6.25. The summed E-state index contributed by atoms with van der Waals surface area (Å²) in [6.45, 7) is 6.76. The normalized spacial score (nSPS) is 16.8. The molecule has 0 aromatic rings. The fourth-order valence-corrected chi connectivity index (χ4v) is 3.82. The van der Waals surface area contributed by atoms with Crippen molar-refractivity contribution in [3.8, 4) is 0 Å². The van der Waals surface area contributed by atoms with Crippen LogP contribution in [0.25, 0.3) is 0 Å². The second-order valence-corrected chi connectivity index (χ2v) is 7.47. The first-order valence-electron chi connectivity index (χ1n) is 4.36. The maximum Gasteiger partial charge on any atom is 0.143 e. The third-order valence-corrected chi connectivity index (χ3v) is 6.71. The molecule has 0 fully saturated rings. The van der Waals surface area contributed by atoms with Crippen LogP contribution in [0, 0.1) is 0 Å². The summed E-state index contributed by atoms with van der Waals surface area (Å²) in [6, 6.07) is 1.33. The standard InChI is InChI=1S/C8H19ClSi/c1-4-6-7-10(9)8(3)5-2/h8,10H,4-7H2,1-3H3. The number of unbranched alkanes of at least 4 members (excludes halogenated alkanes) is 1. The van der Waals surface area contributed by atoms with Gasteiger partial charge in [-0.15, -0.1) is 0 Å². The summed E-state index contributed by atoms with van der Waals surface area (Å²) in [5.41, 5.74) is 0.827. The Balaban J connectivity index is 3.31. The van der Waals surface area contributed by atoms with Crippen LogP contribution in [0.2, 0.25) is 11.6 Å². The van der Waals surface area contributed by atoms with Gasteiger partial charge in [-0.25, -0.2) is 0 Å². The lowest BCUT2D eigenvalue weighted by atomic mass is 10.4. The zero-order chi connectivity index (χ0) is 7.98. The van der Waals surface area contributed by atoms with Gasteiger partial charge in [0.05, 0.1) is 0 Å². The molecule has 0 saturated carbocycles. The van der Waals surface area contributed by atoms with Crippen LogP contribution in [0.5, 0.6) is 0 Å². The van der Waals surface area contributed by atoms with Crippen molar-refractivity contribution in [3.05, 3.63) is 0 Å². The van der Waals surface area contributed by atoms with E-state index in [-0.39, 0.29) is 0 Å². The van der Waals surface area contributed by atoms with Crippen molar-refractivity contribution in [1.82, 2.24) is 0 Å². The molecule has 0 heterocycles. The molecule has 0 bridgehead atoms. The minimum Gasteiger partial charge on any atom is -0.171 e. The second-order valence-electron chi connectivity index (χ2n) is 3.04. The van der Waals surface area contributed by atoms with E-state index >= 15 is 0 Å². The molecule has 0 amide bonds. The Morgan fingerprint density at radius 2 is 2.00 bits per heavy atom. The van der Waals surface area contributed by atoms with Crippen LogP contribution in [0.4, 0.5) is 0 Å². The van der Waals surface area contributed by atoms with Crippen molar-refractivity contribution >= 4 is 19.2 Å². The molecule has 62 valence electrons. The number of rotatable bonds is 5. The summed E-state index contributed by atoms with van der Waals surface area (Å²) in [6.07, 6.45) is 3.90. The van der Waals surface area contributed by atoms with Crippen LogP contribution < -0.4 is 0 Å². The highest BCUT2D eigenvalue weighted by atomic mass is 35.6. The fourth-order valence-electron chi connectivity index (χ4n) is 0.939. The molecule has 0 aromatic carbocycles. The third-order valence-electron chi connectivity index (χ3n) is 2.09. The average Bonchev–Trinajstić information content (AvgIpc) is 1.98. The lowest BCUT2D eigenvalue weighted by Crippen LogP contribution is -2.09. The van der Waals surface area contributed by atoms with Crippen LogP contribution in [-0.4, -0.2) is 8.11 Å². The Morgan fingerprint density at radius 1 is 1.40 bits per heavy atom. The predicted molar refractivity (Wildman–Crippen MR) is 52.4 cm³/mol. The molecular weight excluding hydrogens is 160 g/mol. The van der Waals surface area contributed by atoms with Crippen LogP contribution in [0.3, 0.4) is 0 Å². The molecule has 0 rings (SSSR count). The van der Waals surface area contributed by atoms with E-state index in [4.69, 9.17) is 11.1 Å². The van der Waals surface area contributed by atoms with E-state index < -0.39 is 8.11 Å². The Hall–Kier alpha value is 0.507. The zero-order valence-electron chi connectivity index (χ0n) is 7.36. The van der Waals surface area contributed by atoms with Crippen LogP contribution >= 0.6 is 11.1 Å². The smallest absolute Gasteiger partial charge is 0.143 e. The third kappa shape index (κ3) is 4.34. The van der Waals surface area contributed by atoms with Gasteiger partial charge in [-0.2, -0.15) is 11.1 Å². The summed E-state index contributed by atoms with van der Waals surface area (Å²) in [5.74, 6) is 0. The number of hydrogen-bond acceptors (Lipinski definition) is 0. The van der Waals surface area contributed by atoms with Gasteiger partial charge in [0.1, 0.15) is 8.11 Å². The van der Waals surface area contributed by atoms with Gasteiger partial charge in [0.2, 0.25) is 0 Å². The van der Waals surface area contributed by atoms with Crippen molar-refractivity contribution < 1.29 is 0 Å². The highest BCUT2D eigenvalue weighted by Gasteiger charge is 2.13. The molecule has 0 N–H and O–H groups in total. The van der Waals surface area contributed by atoms with Crippen molar-refractivity contribution in [2.75, 3.05) is 0 Å². The number of halogens is 1.